The van der Waals surface area contributed by atoms with Gasteiger partial charge in [-0.15, -0.1) is 0 Å². The van der Waals surface area contributed by atoms with Gasteiger partial charge in [-0.3, -0.25) is 4.98 Å². The van der Waals surface area contributed by atoms with Crippen LogP contribution < -0.4 is 9.46 Å². The van der Waals surface area contributed by atoms with E-state index >= 15 is 0 Å². The van der Waals surface area contributed by atoms with Crippen molar-refractivity contribution in [3.63, 3.8) is 0 Å². The Morgan fingerprint density at radius 3 is 2.76 bits per heavy atom. The van der Waals surface area contributed by atoms with Gasteiger partial charge in [0.1, 0.15) is 10.6 Å². The van der Waals surface area contributed by atoms with Crippen LogP contribution in [0.25, 0.3) is 0 Å². The summed E-state index contributed by atoms with van der Waals surface area (Å²) >= 11 is 5.87. The Hall–Kier alpha value is -1.63. The third kappa shape index (κ3) is 4.17. The lowest BCUT2D eigenvalue weighted by Crippen LogP contribution is -2.24. The summed E-state index contributed by atoms with van der Waals surface area (Å²) in [7, 11) is -3.70. The number of rotatable bonds is 6. The molecule has 2 rings (SSSR count). The van der Waals surface area contributed by atoms with Gasteiger partial charge in [-0.05, 0) is 31.2 Å². The van der Waals surface area contributed by atoms with Crippen molar-refractivity contribution in [1.29, 1.82) is 0 Å². The maximum absolute atomic E-state index is 12.4. The molecular weight excluding hydrogens is 312 g/mol. The summed E-state index contributed by atoms with van der Waals surface area (Å²) in [6.07, 6.45) is 1.61. The van der Waals surface area contributed by atoms with E-state index in [0.29, 0.717) is 17.3 Å². The molecule has 0 bridgehead atoms. The lowest BCUT2D eigenvalue weighted by atomic mass is 10.3. The van der Waals surface area contributed by atoms with Gasteiger partial charge in [0, 0.05) is 17.3 Å². The fourth-order valence-corrected chi connectivity index (χ4v) is 3.01. The number of nitrogens with zero attached hydrogens (tertiary/aromatic N) is 1. The summed E-state index contributed by atoms with van der Waals surface area (Å²) in [5, 5.41) is 0.419. The topological polar surface area (TPSA) is 68.3 Å². The Kier molecular flexibility index (Phi) is 5.17. The van der Waals surface area contributed by atoms with Crippen molar-refractivity contribution in [3.8, 4) is 5.75 Å². The van der Waals surface area contributed by atoms with Crippen LogP contribution in [0.1, 0.15) is 12.6 Å². The first-order valence-corrected chi connectivity index (χ1v) is 8.21. The predicted octanol–water partition coefficient (Wildman–Crippen LogP) is 2.61. The van der Waals surface area contributed by atoms with Crippen LogP contribution in [0.15, 0.2) is 47.5 Å². The van der Waals surface area contributed by atoms with E-state index in [4.69, 9.17) is 16.3 Å². The third-order valence-electron chi connectivity index (χ3n) is 2.66. The van der Waals surface area contributed by atoms with Crippen LogP contribution >= 0.6 is 11.6 Å². The second-order valence-electron chi connectivity index (χ2n) is 4.17. The Morgan fingerprint density at radius 1 is 1.29 bits per heavy atom. The normalized spacial score (nSPS) is 11.3. The van der Waals surface area contributed by atoms with E-state index in [2.05, 4.69) is 9.71 Å². The van der Waals surface area contributed by atoms with Crippen LogP contribution in [0.4, 0.5) is 0 Å². The summed E-state index contributed by atoms with van der Waals surface area (Å²) in [5.74, 6) is 0.235. The molecule has 0 amide bonds. The van der Waals surface area contributed by atoms with Crippen LogP contribution in [0.2, 0.25) is 5.02 Å². The second-order valence-corrected chi connectivity index (χ2v) is 6.34. The van der Waals surface area contributed by atoms with E-state index in [9.17, 15) is 8.42 Å². The minimum absolute atomic E-state index is 0.0599. The maximum Gasteiger partial charge on any atom is 0.244 e. The SMILES string of the molecule is CCOc1cc(Cl)ccc1S(=O)(=O)NCc1ccccn1. The average molecular weight is 327 g/mol. The molecule has 0 unspecified atom stereocenters. The van der Waals surface area contributed by atoms with Crippen LogP contribution in [0.3, 0.4) is 0 Å². The van der Waals surface area contributed by atoms with Crippen molar-refractivity contribution in [1.82, 2.24) is 9.71 Å². The largest absolute Gasteiger partial charge is 0.492 e. The minimum Gasteiger partial charge on any atom is -0.492 e. The van der Waals surface area contributed by atoms with Crippen LogP contribution in [-0.4, -0.2) is 20.0 Å². The highest BCUT2D eigenvalue weighted by molar-refractivity contribution is 7.89. The molecule has 21 heavy (non-hydrogen) atoms. The fourth-order valence-electron chi connectivity index (χ4n) is 1.72. The highest BCUT2D eigenvalue weighted by Crippen LogP contribution is 2.27. The molecule has 1 N–H and O–H groups in total. The average Bonchev–Trinajstić information content (AvgIpc) is 2.47. The van der Waals surface area contributed by atoms with Gasteiger partial charge < -0.3 is 4.74 Å². The Bertz CT molecular complexity index is 705. The number of ether oxygens (including phenoxy) is 1. The first kappa shape index (κ1) is 15.8. The van der Waals surface area contributed by atoms with Crippen LogP contribution in [0, 0.1) is 0 Å². The zero-order chi connectivity index (χ0) is 15.3. The first-order valence-electron chi connectivity index (χ1n) is 6.35. The number of hydrogen-bond donors (Lipinski definition) is 1. The van der Waals surface area contributed by atoms with Crippen molar-refractivity contribution in [2.24, 2.45) is 0 Å². The van der Waals surface area contributed by atoms with E-state index < -0.39 is 10.0 Å². The van der Waals surface area contributed by atoms with Crippen LogP contribution in [-0.2, 0) is 16.6 Å². The van der Waals surface area contributed by atoms with Crippen molar-refractivity contribution >= 4 is 21.6 Å². The Labute approximate surface area is 129 Å². The van der Waals surface area contributed by atoms with Crippen molar-refractivity contribution in [3.05, 3.63) is 53.3 Å². The number of aromatic nitrogens is 1. The van der Waals surface area contributed by atoms with Gasteiger partial charge in [0.05, 0.1) is 18.8 Å². The van der Waals surface area contributed by atoms with Gasteiger partial charge in [-0.2, -0.15) is 0 Å². The van der Waals surface area contributed by atoms with Gasteiger partial charge >= 0.3 is 0 Å². The zero-order valence-electron chi connectivity index (χ0n) is 11.4. The Morgan fingerprint density at radius 2 is 2.10 bits per heavy atom. The van der Waals surface area contributed by atoms with E-state index in [1.165, 1.54) is 18.2 Å². The molecule has 1 heterocycles. The van der Waals surface area contributed by atoms with Gasteiger partial charge in [0.25, 0.3) is 0 Å². The quantitative estimate of drug-likeness (QED) is 0.886. The Balaban J connectivity index is 2.23. The molecule has 0 saturated heterocycles. The summed E-state index contributed by atoms with van der Waals surface area (Å²) in [4.78, 5) is 4.13. The molecule has 0 aliphatic heterocycles. The molecule has 7 heteroatoms. The molecule has 1 aromatic heterocycles. The number of hydrogen-bond acceptors (Lipinski definition) is 4. The molecule has 0 aliphatic rings. The monoisotopic (exact) mass is 326 g/mol. The maximum atomic E-state index is 12.4. The van der Waals surface area contributed by atoms with E-state index in [0.717, 1.165) is 0 Å². The summed E-state index contributed by atoms with van der Waals surface area (Å²) in [5.41, 5.74) is 0.632. The highest BCUT2D eigenvalue weighted by atomic mass is 35.5. The van der Waals surface area contributed by atoms with Crippen molar-refractivity contribution < 1.29 is 13.2 Å². The van der Waals surface area contributed by atoms with E-state index in [1.54, 1.807) is 31.3 Å². The molecular formula is C14H15ClN2O3S. The molecule has 2 aromatic rings. The van der Waals surface area contributed by atoms with Gasteiger partial charge in [-0.25, -0.2) is 13.1 Å². The number of sulfonamides is 1. The predicted molar refractivity (Wildman–Crippen MR) is 80.9 cm³/mol. The molecule has 0 spiro atoms. The molecule has 0 atom stereocenters. The smallest absolute Gasteiger partial charge is 0.244 e. The summed E-state index contributed by atoms with van der Waals surface area (Å²) < 4.78 is 32.5. The third-order valence-corrected chi connectivity index (χ3v) is 4.34. The van der Waals surface area contributed by atoms with E-state index in [-0.39, 0.29) is 17.2 Å². The first-order chi connectivity index (χ1) is 10.0. The minimum atomic E-state index is -3.70. The summed E-state index contributed by atoms with van der Waals surface area (Å²) in [6.45, 7) is 2.24. The van der Waals surface area contributed by atoms with E-state index in [1.807, 2.05) is 0 Å². The highest BCUT2D eigenvalue weighted by Gasteiger charge is 2.19. The number of nitrogens with one attached hydrogen (secondary N) is 1. The van der Waals surface area contributed by atoms with Crippen LogP contribution in [0.5, 0.6) is 5.75 Å². The number of pyridine rings is 1. The van der Waals surface area contributed by atoms with Gasteiger partial charge in [0.15, 0.2) is 0 Å². The summed E-state index contributed by atoms with van der Waals surface area (Å²) in [6, 6.07) is 9.73. The molecule has 1 aromatic carbocycles. The lowest BCUT2D eigenvalue weighted by molar-refractivity contribution is 0.331. The standard InChI is InChI=1S/C14H15ClN2O3S/c1-2-20-13-9-11(15)6-7-14(13)21(18,19)17-10-12-5-3-4-8-16-12/h3-9,17H,2,10H2,1H3. The number of benzene rings is 1. The molecule has 0 aliphatic carbocycles. The fraction of sp³-hybridized carbons (Fsp3) is 0.214. The van der Waals surface area contributed by atoms with Crippen molar-refractivity contribution in [2.45, 2.75) is 18.4 Å². The van der Waals surface area contributed by atoms with Gasteiger partial charge in [-0.1, -0.05) is 17.7 Å². The molecule has 0 fully saturated rings. The zero-order valence-corrected chi connectivity index (χ0v) is 13.0. The van der Waals surface area contributed by atoms with Gasteiger partial charge in [0.2, 0.25) is 10.0 Å². The van der Waals surface area contributed by atoms with Crippen molar-refractivity contribution in [2.75, 3.05) is 6.61 Å². The molecule has 112 valence electrons. The molecule has 5 nitrogen and oxygen atoms in total. The molecule has 0 saturated carbocycles. The second kappa shape index (κ2) is 6.89. The lowest BCUT2D eigenvalue weighted by Gasteiger charge is -2.12. The number of halogens is 1. The molecule has 0 radical (unpaired) electrons.